The summed E-state index contributed by atoms with van der Waals surface area (Å²) in [5.41, 5.74) is 5.61. The topological polar surface area (TPSA) is 55.1 Å². The van der Waals surface area contributed by atoms with Gasteiger partial charge in [0.1, 0.15) is 0 Å². The van der Waals surface area contributed by atoms with Crippen LogP contribution in [0.15, 0.2) is 0 Å². The first kappa shape index (κ1) is 14.5. The largest absolute Gasteiger partial charge is 0.370 e. The molecule has 2 unspecified atom stereocenters. The molecule has 100 valence electrons. The van der Waals surface area contributed by atoms with Gasteiger partial charge >= 0.3 is 0 Å². The fourth-order valence-corrected chi connectivity index (χ4v) is 3.65. The Labute approximate surface area is 106 Å². The summed E-state index contributed by atoms with van der Waals surface area (Å²) in [6, 6.07) is 0. The molecule has 1 aliphatic rings. The lowest BCUT2D eigenvalue weighted by atomic mass is 9.60. The van der Waals surface area contributed by atoms with Crippen molar-refractivity contribution in [2.24, 2.45) is 17.1 Å². The summed E-state index contributed by atoms with van der Waals surface area (Å²) < 4.78 is 0. The molecule has 0 aliphatic heterocycles. The molecule has 0 bridgehead atoms. The Balaban J connectivity index is 2.99. The van der Waals surface area contributed by atoms with Gasteiger partial charge < -0.3 is 11.1 Å². The van der Waals surface area contributed by atoms with Gasteiger partial charge in [-0.1, -0.05) is 40.5 Å². The molecule has 3 nitrogen and oxygen atoms in total. The summed E-state index contributed by atoms with van der Waals surface area (Å²) in [5, 5.41) is 3.59. The standard InChI is InChI=1S/C14H28N2O/c1-5-16-14(10-12(15)17)9-7-6-8-11(14)13(2,3)4/h11,16H,5-10H2,1-4H3,(H2,15,17). The smallest absolute Gasteiger partial charge is 0.219 e. The van der Waals surface area contributed by atoms with E-state index in [1.165, 1.54) is 19.3 Å². The van der Waals surface area contributed by atoms with E-state index in [0.717, 1.165) is 13.0 Å². The maximum Gasteiger partial charge on any atom is 0.219 e. The van der Waals surface area contributed by atoms with E-state index in [-0.39, 0.29) is 16.9 Å². The molecule has 0 spiro atoms. The summed E-state index contributed by atoms with van der Waals surface area (Å²) >= 11 is 0. The molecule has 17 heavy (non-hydrogen) atoms. The van der Waals surface area contributed by atoms with E-state index in [0.29, 0.717) is 12.3 Å². The molecule has 0 saturated heterocycles. The SMILES string of the molecule is CCNC1(CC(N)=O)CCCCC1C(C)(C)C. The second-order valence-corrected chi connectivity index (χ2v) is 6.49. The number of primary amides is 1. The fourth-order valence-electron chi connectivity index (χ4n) is 3.65. The number of hydrogen-bond acceptors (Lipinski definition) is 2. The van der Waals surface area contributed by atoms with E-state index in [1.807, 2.05) is 0 Å². The number of carbonyl (C=O) groups excluding carboxylic acids is 1. The van der Waals surface area contributed by atoms with Crippen LogP contribution in [0.3, 0.4) is 0 Å². The van der Waals surface area contributed by atoms with E-state index in [1.54, 1.807) is 0 Å². The first-order valence-corrected chi connectivity index (χ1v) is 6.85. The quantitative estimate of drug-likeness (QED) is 0.793. The first-order chi connectivity index (χ1) is 7.82. The second-order valence-electron chi connectivity index (χ2n) is 6.49. The highest BCUT2D eigenvalue weighted by Gasteiger charge is 2.46. The Morgan fingerprint density at radius 1 is 1.41 bits per heavy atom. The zero-order chi connectivity index (χ0) is 13.1. The Morgan fingerprint density at radius 3 is 2.53 bits per heavy atom. The third-order valence-corrected chi connectivity index (χ3v) is 4.10. The summed E-state index contributed by atoms with van der Waals surface area (Å²) in [6.45, 7) is 9.83. The molecule has 0 aromatic rings. The van der Waals surface area contributed by atoms with Crippen LogP contribution in [-0.2, 0) is 4.79 Å². The van der Waals surface area contributed by atoms with Crippen LogP contribution in [0.5, 0.6) is 0 Å². The second kappa shape index (κ2) is 5.38. The van der Waals surface area contributed by atoms with Gasteiger partial charge in [-0.2, -0.15) is 0 Å². The van der Waals surface area contributed by atoms with Gasteiger partial charge in [-0.15, -0.1) is 0 Å². The van der Waals surface area contributed by atoms with E-state index in [4.69, 9.17) is 5.73 Å². The van der Waals surface area contributed by atoms with Gasteiger partial charge in [-0.3, -0.25) is 4.79 Å². The van der Waals surface area contributed by atoms with Crippen molar-refractivity contribution in [2.75, 3.05) is 6.54 Å². The number of nitrogens with two attached hydrogens (primary N) is 1. The molecule has 1 fully saturated rings. The molecule has 1 rings (SSSR count). The molecule has 2 atom stereocenters. The summed E-state index contributed by atoms with van der Waals surface area (Å²) in [4.78, 5) is 11.4. The molecule has 0 radical (unpaired) electrons. The first-order valence-electron chi connectivity index (χ1n) is 6.85. The van der Waals surface area contributed by atoms with Crippen LogP contribution in [-0.4, -0.2) is 18.0 Å². The maximum absolute atomic E-state index is 11.4. The van der Waals surface area contributed by atoms with Crippen LogP contribution in [0, 0.1) is 11.3 Å². The third kappa shape index (κ3) is 3.44. The van der Waals surface area contributed by atoms with Gasteiger partial charge in [-0.25, -0.2) is 0 Å². The summed E-state index contributed by atoms with van der Waals surface area (Å²) in [5.74, 6) is 0.346. The minimum Gasteiger partial charge on any atom is -0.370 e. The highest BCUT2D eigenvalue weighted by atomic mass is 16.1. The van der Waals surface area contributed by atoms with Crippen LogP contribution in [0.4, 0.5) is 0 Å². The Morgan fingerprint density at radius 2 is 2.06 bits per heavy atom. The average molecular weight is 240 g/mol. The molecule has 0 heterocycles. The molecule has 1 aliphatic carbocycles. The monoisotopic (exact) mass is 240 g/mol. The van der Waals surface area contributed by atoms with Gasteiger partial charge in [0.25, 0.3) is 0 Å². The number of amides is 1. The highest BCUT2D eigenvalue weighted by Crippen LogP contribution is 2.45. The zero-order valence-electron chi connectivity index (χ0n) is 11.8. The highest BCUT2D eigenvalue weighted by molar-refractivity contribution is 5.75. The minimum atomic E-state index is -0.179. The lowest BCUT2D eigenvalue weighted by Gasteiger charge is -2.50. The lowest BCUT2D eigenvalue weighted by molar-refractivity contribution is -0.121. The van der Waals surface area contributed by atoms with E-state index in [2.05, 4.69) is 33.0 Å². The minimum absolute atomic E-state index is 0.0723. The Kier molecular flexibility index (Phi) is 4.59. The van der Waals surface area contributed by atoms with Crippen molar-refractivity contribution in [1.29, 1.82) is 0 Å². The normalized spacial score (nSPS) is 30.2. The molecule has 1 amide bonds. The van der Waals surface area contributed by atoms with Gasteiger partial charge in [0, 0.05) is 12.0 Å². The summed E-state index contributed by atoms with van der Waals surface area (Å²) in [6.07, 6.45) is 5.22. The van der Waals surface area contributed by atoms with Crippen molar-refractivity contribution >= 4 is 5.91 Å². The van der Waals surface area contributed by atoms with E-state index >= 15 is 0 Å². The van der Waals surface area contributed by atoms with Crippen molar-refractivity contribution in [3.05, 3.63) is 0 Å². The van der Waals surface area contributed by atoms with Crippen LogP contribution in [0.2, 0.25) is 0 Å². The van der Waals surface area contributed by atoms with Gasteiger partial charge in [0.15, 0.2) is 0 Å². The van der Waals surface area contributed by atoms with Crippen LogP contribution in [0.1, 0.15) is 59.8 Å². The van der Waals surface area contributed by atoms with Crippen molar-refractivity contribution in [3.63, 3.8) is 0 Å². The fraction of sp³-hybridized carbons (Fsp3) is 0.929. The Hall–Kier alpha value is -0.570. The molecule has 3 N–H and O–H groups in total. The molecular weight excluding hydrogens is 212 g/mol. The third-order valence-electron chi connectivity index (χ3n) is 4.10. The van der Waals surface area contributed by atoms with Crippen molar-refractivity contribution in [2.45, 2.75) is 65.3 Å². The van der Waals surface area contributed by atoms with Crippen LogP contribution < -0.4 is 11.1 Å². The van der Waals surface area contributed by atoms with Gasteiger partial charge in [-0.05, 0) is 30.7 Å². The van der Waals surface area contributed by atoms with Crippen molar-refractivity contribution < 1.29 is 4.79 Å². The zero-order valence-corrected chi connectivity index (χ0v) is 11.8. The molecule has 0 aromatic carbocycles. The van der Waals surface area contributed by atoms with Crippen molar-refractivity contribution in [1.82, 2.24) is 5.32 Å². The number of nitrogens with one attached hydrogen (secondary N) is 1. The van der Waals surface area contributed by atoms with E-state index in [9.17, 15) is 4.79 Å². The van der Waals surface area contributed by atoms with Crippen LogP contribution in [0.25, 0.3) is 0 Å². The number of rotatable bonds is 4. The lowest BCUT2D eigenvalue weighted by Crippen LogP contribution is -2.58. The summed E-state index contributed by atoms with van der Waals surface area (Å²) in [7, 11) is 0. The molecule has 3 heteroatoms. The van der Waals surface area contributed by atoms with Crippen molar-refractivity contribution in [3.8, 4) is 0 Å². The van der Waals surface area contributed by atoms with Gasteiger partial charge in [0.2, 0.25) is 5.91 Å². The average Bonchev–Trinajstić information content (AvgIpc) is 2.15. The number of hydrogen-bond donors (Lipinski definition) is 2. The number of carbonyl (C=O) groups is 1. The molecule has 0 aromatic heterocycles. The van der Waals surface area contributed by atoms with Gasteiger partial charge in [0.05, 0.1) is 0 Å². The molecule has 1 saturated carbocycles. The Bertz CT molecular complexity index is 266. The maximum atomic E-state index is 11.4. The molecular formula is C14H28N2O. The predicted molar refractivity (Wildman–Crippen MR) is 71.6 cm³/mol. The predicted octanol–water partition coefficient (Wildman–Crippen LogP) is 2.45. The van der Waals surface area contributed by atoms with Crippen LogP contribution >= 0.6 is 0 Å². The van der Waals surface area contributed by atoms with E-state index < -0.39 is 0 Å².